The van der Waals surface area contributed by atoms with Gasteiger partial charge in [-0.05, 0) is 0 Å². The van der Waals surface area contributed by atoms with E-state index in [0.717, 1.165) is 6.42 Å². The molecule has 1 aromatic heterocycles. The van der Waals surface area contributed by atoms with Gasteiger partial charge in [-0.15, -0.1) is 10.2 Å². The molecule has 2 N–H and O–H groups in total. The fourth-order valence-corrected chi connectivity index (χ4v) is 2.09. The number of carbonyl (C=O) groups is 1. The number of hydrogen-bond donors (Lipinski definition) is 2. The number of quaternary nitrogens is 1. The van der Waals surface area contributed by atoms with Crippen molar-refractivity contribution in [1.82, 2.24) is 15.5 Å². The molecule has 7 heteroatoms. The molecule has 0 aliphatic carbocycles. The second-order valence-electron chi connectivity index (χ2n) is 3.91. The maximum Gasteiger partial charge on any atom is 0.277 e. The van der Waals surface area contributed by atoms with Gasteiger partial charge in [-0.2, -0.15) is 0 Å². The molecule has 0 aromatic carbocycles. The summed E-state index contributed by atoms with van der Waals surface area (Å²) < 4.78 is 5.53. The van der Waals surface area contributed by atoms with Crippen LogP contribution in [0.15, 0.2) is 9.64 Å². The van der Waals surface area contributed by atoms with Crippen LogP contribution >= 0.6 is 11.8 Å². The van der Waals surface area contributed by atoms with Crippen molar-refractivity contribution in [2.45, 2.75) is 24.6 Å². The zero-order valence-corrected chi connectivity index (χ0v) is 11.4. The van der Waals surface area contributed by atoms with Crippen LogP contribution in [0, 0.1) is 0 Å². The van der Waals surface area contributed by atoms with Crippen LogP contribution in [-0.2, 0) is 4.79 Å². The highest BCUT2D eigenvalue weighted by molar-refractivity contribution is 7.99. The van der Waals surface area contributed by atoms with E-state index in [1.54, 1.807) is 7.05 Å². The Hall–Kier alpha value is -1.08. The van der Waals surface area contributed by atoms with E-state index < -0.39 is 0 Å². The topological polar surface area (TPSA) is 72.5 Å². The summed E-state index contributed by atoms with van der Waals surface area (Å²) in [6.07, 6.45) is 0.935. The molecule has 0 aliphatic heterocycles. The second kappa shape index (κ2) is 6.61. The van der Waals surface area contributed by atoms with E-state index in [-0.39, 0.29) is 11.9 Å². The number of hydrogen-bond acceptors (Lipinski definition) is 5. The van der Waals surface area contributed by atoms with E-state index in [2.05, 4.69) is 36.5 Å². The Balaban J connectivity index is 2.61. The van der Waals surface area contributed by atoms with Crippen molar-refractivity contribution < 1.29 is 14.1 Å². The fourth-order valence-electron chi connectivity index (χ4n) is 1.45. The van der Waals surface area contributed by atoms with E-state index in [1.165, 1.54) is 16.7 Å². The molecule has 6 nitrogen and oxygen atoms in total. The van der Waals surface area contributed by atoms with E-state index in [9.17, 15) is 4.79 Å². The summed E-state index contributed by atoms with van der Waals surface area (Å²) in [5.74, 6) is 0.871. The summed E-state index contributed by atoms with van der Waals surface area (Å²) >= 11 is 1.25. The quantitative estimate of drug-likeness (QED) is 0.674. The van der Waals surface area contributed by atoms with E-state index in [4.69, 9.17) is 4.42 Å². The van der Waals surface area contributed by atoms with Gasteiger partial charge in [0, 0.05) is 13.5 Å². The summed E-state index contributed by atoms with van der Waals surface area (Å²) in [4.78, 5) is 12.3. The molecule has 0 spiro atoms. The smallest absolute Gasteiger partial charge is 0.277 e. The zero-order chi connectivity index (χ0) is 12.8. The van der Waals surface area contributed by atoms with Gasteiger partial charge in [0.15, 0.2) is 6.04 Å². The predicted octanol–water partition coefficient (Wildman–Crippen LogP) is -0.497. The van der Waals surface area contributed by atoms with Crippen molar-refractivity contribution in [3.8, 4) is 0 Å². The first-order valence-corrected chi connectivity index (χ1v) is 6.53. The fraction of sp³-hybridized carbons (Fsp3) is 0.700. The van der Waals surface area contributed by atoms with Gasteiger partial charge in [0.05, 0.1) is 19.8 Å². The van der Waals surface area contributed by atoms with Crippen LogP contribution in [0.2, 0.25) is 0 Å². The largest absolute Gasteiger partial charge is 0.410 e. The number of rotatable bonds is 6. The van der Waals surface area contributed by atoms with Crippen LogP contribution in [0.3, 0.4) is 0 Å². The minimum absolute atomic E-state index is 0.0555. The average Bonchev–Trinajstić information content (AvgIpc) is 2.75. The van der Waals surface area contributed by atoms with Gasteiger partial charge < -0.3 is 14.6 Å². The third-order valence-corrected chi connectivity index (χ3v) is 3.25. The first kappa shape index (κ1) is 14.0. The normalized spacial score (nSPS) is 12.8. The standard InChI is InChI=1S/C10H18N4O2S/c1-5-7(14(3)4)9-12-13-10(16-9)17-6-8(15)11-2/h7H,5-6H2,1-4H3,(H,11,15)/p+1/t7-/m0/s1. The third-order valence-electron chi connectivity index (χ3n) is 2.43. The highest BCUT2D eigenvalue weighted by atomic mass is 32.2. The molecular weight excluding hydrogens is 240 g/mol. The summed E-state index contributed by atoms with van der Waals surface area (Å²) in [5.41, 5.74) is 0. The van der Waals surface area contributed by atoms with Crippen molar-refractivity contribution in [3.63, 3.8) is 0 Å². The lowest BCUT2D eigenvalue weighted by Crippen LogP contribution is -3.06. The molecule has 1 heterocycles. The van der Waals surface area contributed by atoms with Crippen molar-refractivity contribution >= 4 is 17.7 Å². The number of nitrogens with zero attached hydrogens (tertiary/aromatic N) is 2. The van der Waals surface area contributed by atoms with Gasteiger partial charge >= 0.3 is 0 Å². The van der Waals surface area contributed by atoms with Crippen molar-refractivity contribution in [1.29, 1.82) is 0 Å². The van der Waals surface area contributed by atoms with Crippen molar-refractivity contribution in [2.24, 2.45) is 0 Å². The lowest BCUT2D eigenvalue weighted by atomic mass is 10.2. The molecular formula is C10H19N4O2S+. The van der Waals surface area contributed by atoms with Crippen LogP contribution < -0.4 is 10.2 Å². The van der Waals surface area contributed by atoms with Crippen LogP contribution in [0.1, 0.15) is 25.3 Å². The van der Waals surface area contributed by atoms with Crippen molar-refractivity contribution in [2.75, 3.05) is 26.9 Å². The number of amides is 1. The zero-order valence-electron chi connectivity index (χ0n) is 10.6. The van der Waals surface area contributed by atoms with Crippen LogP contribution in [-0.4, -0.2) is 43.0 Å². The first-order valence-electron chi connectivity index (χ1n) is 5.55. The monoisotopic (exact) mass is 259 g/mol. The van der Waals surface area contributed by atoms with Crippen molar-refractivity contribution in [3.05, 3.63) is 5.89 Å². The average molecular weight is 259 g/mol. The SMILES string of the molecule is CC[C@@H](c1nnc(SCC(=O)NC)o1)[NH+](C)C. The lowest BCUT2D eigenvalue weighted by Gasteiger charge is -2.15. The first-order chi connectivity index (χ1) is 8.08. The Morgan fingerprint density at radius 2 is 2.24 bits per heavy atom. The predicted molar refractivity (Wildman–Crippen MR) is 64.9 cm³/mol. The molecule has 1 rings (SSSR count). The maximum absolute atomic E-state index is 11.1. The van der Waals surface area contributed by atoms with Gasteiger partial charge in [-0.1, -0.05) is 18.7 Å². The summed E-state index contributed by atoms with van der Waals surface area (Å²) in [5, 5.41) is 10.9. The molecule has 0 fully saturated rings. The number of thioether (sulfide) groups is 1. The molecule has 96 valence electrons. The number of aromatic nitrogens is 2. The Morgan fingerprint density at radius 3 is 2.76 bits per heavy atom. The van der Waals surface area contributed by atoms with Gasteiger partial charge in [-0.25, -0.2) is 0 Å². The summed E-state index contributed by atoms with van der Waals surface area (Å²) in [6.45, 7) is 2.08. The molecule has 0 unspecified atom stereocenters. The molecule has 1 amide bonds. The van der Waals surface area contributed by atoms with Gasteiger partial charge in [0.1, 0.15) is 0 Å². The van der Waals surface area contributed by atoms with E-state index >= 15 is 0 Å². The van der Waals surface area contributed by atoms with Gasteiger partial charge in [0.25, 0.3) is 11.1 Å². The second-order valence-corrected chi connectivity index (χ2v) is 4.83. The lowest BCUT2D eigenvalue weighted by molar-refractivity contribution is -0.894. The Morgan fingerprint density at radius 1 is 1.53 bits per heavy atom. The molecule has 0 radical (unpaired) electrons. The molecule has 17 heavy (non-hydrogen) atoms. The van der Waals surface area contributed by atoms with Crippen LogP contribution in [0.5, 0.6) is 0 Å². The van der Waals surface area contributed by atoms with E-state index in [0.29, 0.717) is 16.9 Å². The van der Waals surface area contributed by atoms with Gasteiger partial charge in [0.2, 0.25) is 5.91 Å². The minimum atomic E-state index is -0.0555. The molecule has 0 saturated carbocycles. The highest BCUT2D eigenvalue weighted by Gasteiger charge is 2.22. The molecule has 0 saturated heterocycles. The summed E-state index contributed by atoms with van der Waals surface area (Å²) in [7, 11) is 5.70. The van der Waals surface area contributed by atoms with E-state index in [1.807, 2.05) is 0 Å². The Labute approximate surface area is 105 Å². The Bertz CT molecular complexity index is 367. The third kappa shape index (κ3) is 4.01. The molecule has 0 aliphatic rings. The maximum atomic E-state index is 11.1. The number of carbonyl (C=O) groups excluding carboxylic acids is 1. The minimum Gasteiger partial charge on any atom is -0.410 e. The highest BCUT2D eigenvalue weighted by Crippen LogP contribution is 2.19. The van der Waals surface area contributed by atoms with Gasteiger partial charge in [-0.3, -0.25) is 4.79 Å². The number of nitrogens with one attached hydrogen (secondary N) is 2. The molecule has 1 aromatic rings. The molecule has 1 atom stereocenters. The summed E-state index contributed by atoms with van der Waals surface area (Å²) in [6, 6.07) is 0.205. The van der Waals surface area contributed by atoms with Crippen LogP contribution in [0.4, 0.5) is 0 Å². The van der Waals surface area contributed by atoms with Crippen LogP contribution in [0.25, 0.3) is 0 Å². The molecule has 0 bridgehead atoms. The Kier molecular flexibility index (Phi) is 5.43.